The number of nitrogens with zero attached hydrogens (tertiary/aromatic N) is 2. The van der Waals surface area contributed by atoms with Crippen LogP contribution in [0, 0.1) is 13.8 Å². The van der Waals surface area contributed by atoms with Gasteiger partial charge in [-0.1, -0.05) is 37.3 Å². The lowest BCUT2D eigenvalue weighted by molar-refractivity contribution is -0.240. The van der Waals surface area contributed by atoms with E-state index in [0.29, 0.717) is 37.0 Å². The van der Waals surface area contributed by atoms with Gasteiger partial charge in [-0.15, -0.1) is 0 Å². The molecule has 0 unspecified atom stereocenters. The lowest BCUT2D eigenvalue weighted by atomic mass is 10.0. The Morgan fingerprint density at radius 3 is 2.28 bits per heavy atom. The normalized spacial score (nSPS) is 11.5. The first-order valence-electron chi connectivity index (χ1n) is 13.7. The summed E-state index contributed by atoms with van der Waals surface area (Å²) in [5, 5.41) is 6.28. The second-order valence-electron chi connectivity index (χ2n) is 9.73. The van der Waals surface area contributed by atoms with Gasteiger partial charge in [-0.2, -0.15) is 0 Å². The lowest BCUT2D eigenvalue weighted by Gasteiger charge is -2.33. The number of anilines is 1. The van der Waals surface area contributed by atoms with E-state index in [4.69, 9.17) is 19.2 Å². The summed E-state index contributed by atoms with van der Waals surface area (Å²) in [6, 6.07) is 15.8. The predicted octanol–water partition coefficient (Wildman–Crippen LogP) is 5.71. The van der Waals surface area contributed by atoms with Crippen LogP contribution in [0.25, 0.3) is 0 Å². The van der Waals surface area contributed by atoms with Crippen molar-refractivity contribution in [2.24, 2.45) is 0 Å². The molecule has 0 saturated carbocycles. The zero-order valence-electron chi connectivity index (χ0n) is 24.3. The third kappa shape index (κ3) is 8.00. The number of nitrogens with one attached hydrogen (secondary N) is 2. The number of benzene rings is 2. The molecule has 0 bridgehead atoms. The van der Waals surface area contributed by atoms with Gasteiger partial charge in [0, 0.05) is 30.5 Å². The number of carbonyl (C=O) groups is 1. The first-order valence-corrected chi connectivity index (χ1v) is 13.7. The molecule has 1 amide bonds. The Kier molecular flexibility index (Phi) is 10.8. The molecular weight excluding hydrogens is 492 g/mol. The minimum absolute atomic E-state index is 0.0812. The van der Waals surface area contributed by atoms with E-state index in [-0.39, 0.29) is 18.5 Å². The topological polar surface area (TPSA) is 94.6 Å². The van der Waals surface area contributed by atoms with Crippen LogP contribution in [0.15, 0.2) is 48.5 Å². The number of aromatic nitrogens is 2. The number of amides is 1. The van der Waals surface area contributed by atoms with Gasteiger partial charge >= 0.3 is 0 Å². The molecule has 0 saturated heterocycles. The van der Waals surface area contributed by atoms with Crippen molar-refractivity contribution in [3.8, 4) is 5.75 Å². The highest BCUT2D eigenvalue weighted by molar-refractivity contribution is 5.95. The molecule has 0 spiro atoms. The van der Waals surface area contributed by atoms with Gasteiger partial charge in [0.15, 0.2) is 0 Å². The highest BCUT2D eigenvalue weighted by atomic mass is 16.7. The fourth-order valence-electron chi connectivity index (χ4n) is 4.41. The molecule has 1 heterocycles. The van der Waals surface area contributed by atoms with Crippen molar-refractivity contribution in [3.05, 3.63) is 82.2 Å². The summed E-state index contributed by atoms with van der Waals surface area (Å²) in [6.45, 7) is 15.0. The Hall–Kier alpha value is -3.49. The van der Waals surface area contributed by atoms with E-state index >= 15 is 0 Å². The zero-order valence-corrected chi connectivity index (χ0v) is 24.3. The molecule has 0 fully saturated rings. The molecule has 0 aliphatic carbocycles. The Morgan fingerprint density at radius 2 is 1.67 bits per heavy atom. The smallest absolute Gasteiger partial charge is 0.251 e. The molecular formula is C31H42N4O4. The van der Waals surface area contributed by atoms with E-state index < -0.39 is 5.79 Å². The molecule has 3 aromatic rings. The van der Waals surface area contributed by atoms with Gasteiger partial charge in [0.25, 0.3) is 5.91 Å². The van der Waals surface area contributed by atoms with Crippen LogP contribution in [-0.4, -0.2) is 41.7 Å². The lowest BCUT2D eigenvalue weighted by Crippen LogP contribution is -2.46. The molecule has 8 heteroatoms. The summed E-state index contributed by atoms with van der Waals surface area (Å²) in [5.74, 6) is -0.179. The molecule has 0 radical (unpaired) electrons. The second-order valence-corrected chi connectivity index (χ2v) is 9.73. The van der Waals surface area contributed by atoms with Gasteiger partial charge < -0.3 is 24.8 Å². The maximum atomic E-state index is 13.4. The minimum Gasteiger partial charge on any atom is -0.488 e. The molecule has 0 aliphatic heterocycles. The van der Waals surface area contributed by atoms with Crippen LogP contribution in [0.4, 0.5) is 5.95 Å². The maximum absolute atomic E-state index is 13.4. The summed E-state index contributed by atoms with van der Waals surface area (Å²) in [6.07, 6.45) is 0.736. The average molecular weight is 535 g/mol. The Morgan fingerprint density at radius 1 is 0.974 bits per heavy atom. The van der Waals surface area contributed by atoms with Crippen LogP contribution in [-0.2, 0) is 28.3 Å². The third-order valence-corrected chi connectivity index (χ3v) is 6.12. The maximum Gasteiger partial charge on any atom is 0.251 e. The Labute approximate surface area is 232 Å². The van der Waals surface area contributed by atoms with Gasteiger partial charge in [0.2, 0.25) is 11.7 Å². The number of ether oxygens (including phenoxy) is 3. The summed E-state index contributed by atoms with van der Waals surface area (Å²) < 4.78 is 18.5. The van der Waals surface area contributed by atoms with Crippen LogP contribution in [0.2, 0.25) is 0 Å². The summed E-state index contributed by atoms with van der Waals surface area (Å²) >= 11 is 0. The molecule has 8 nitrogen and oxygen atoms in total. The van der Waals surface area contributed by atoms with Crippen molar-refractivity contribution in [3.63, 3.8) is 0 Å². The van der Waals surface area contributed by atoms with Gasteiger partial charge in [-0.25, -0.2) is 9.97 Å². The van der Waals surface area contributed by atoms with Gasteiger partial charge in [-0.3, -0.25) is 4.79 Å². The number of aryl methyl sites for hydroxylation is 3. The quantitative estimate of drug-likeness (QED) is 0.256. The molecule has 3 rings (SSSR count). The third-order valence-electron chi connectivity index (χ3n) is 6.12. The Bertz CT molecular complexity index is 1220. The second kappa shape index (κ2) is 14.1. The molecule has 2 aromatic carbocycles. The summed E-state index contributed by atoms with van der Waals surface area (Å²) in [5.41, 5.74) is 4.86. The highest BCUT2D eigenvalue weighted by Gasteiger charge is 2.37. The standard InChI is InChI=1S/C31H42N4O4/c1-8-25-18-26(16-22(6)28(25)37-19-24-14-12-11-13-15-24)29(36)32-20-31(38-9-2,39-10-3)27-17-23(7)34-30(35-27)33-21(4)5/h11-18,21H,8-10,19-20H2,1-7H3,(H,32,36)(H,33,34,35). The number of rotatable bonds is 14. The van der Waals surface area contributed by atoms with Crippen molar-refractivity contribution < 1.29 is 19.0 Å². The van der Waals surface area contributed by atoms with E-state index in [0.717, 1.165) is 34.6 Å². The monoisotopic (exact) mass is 534 g/mol. The van der Waals surface area contributed by atoms with E-state index in [2.05, 4.69) is 22.5 Å². The molecule has 1 aromatic heterocycles. The highest BCUT2D eigenvalue weighted by Crippen LogP contribution is 2.29. The van der Waals surface area contributed by atoms with Crippen LogP contribution >= 0.6 is 0 Å². The minimum atomic E-state index is -1.26. The van der Waals surface area contributed by atoms with E-state index in [1.807, 2.05) is 90.1 Å². The van der Waals surface area contributed by atoms with E-state index in [1.54, 1.807) is 0 Å². The fourth-order valence-corrected chi connectivity index (χ4v) is 4.41. The number of hydrogen-bond donors (Lipinski definition) is 2. The molecule has 0 atom stereocenters. The fraction of sp³-hybridized carbons (Fsp3) is 0.452. The molecule has 39 heavy (non-hydrogen) atoms. The number of carbonyl (C=O) groups excluding carboxylic acids is 1. The largest absolute Gasteiger partial charge is 0.488 e. The van der Waals surface area contributed by atoms with Crippen LogP contribution in [0.5, 0.6) is 5.75 Å². The Balaban J connectivity index is 1.85. The van der Waals surface area contributed by atoms with Crippen LogP contribution in [0.3, 0.4) is 0 Å². The van der Waals surface area contributed by atoms with E-state index in [9.17, 15) is 4.79 Å². The van der Waals surface area contributed by atoms with Crippen molar-refractivity contribution in [2.75, 3.05) is 25.1 Å². The first kappa shape index (κ1) is 30.1. The van der Waals surface area contributed by atoms with Crippen molar-refractivity contribution in [1.29, 1.82) is 0 Å². The van der Waals surface area contributed by atoms with Gasteiger partial charge in [-0.05, 0) is 82.9 Å². The SMILES string of the molecule is CCOC(CNC(=O)c1cc(C)c(OCc2ccccc2)c(CC)c1)(OCC)c1cc(C)nc(NC(C)C)n1. The van der Waals surface area contributed by atoms with E-state index in [1.165, 1.54) is 0 Å². The predicted molar refractivity (Wildman–Crippen MR) is 154 cm³/mol. The van der Waals surface area contributed by atoms with Gasteiger partial charge in [0.1, 0.15) is 18.1 Å². The molecule has 2 N–H and O–H groups in total. The summed E-state index contributed by atoms with van der Waals surface area (Å²) in [7, 11) is 0. The van der Waals surface area contributed by atoms with Crippen LogP contribution < -0.4 is 15.4 Å². The molecule has 210 valence electrons. The number of hydrogen-bond acceptors (Lipinski definition) is 7. The zero-order chi connectivity index (χ0) is 28.4. The van der Waals surface area contributed by atoms with Crippen molar-refractivity contribution in [1.82, 2.24) is 15.3 Å². The van der Waals surface area contributed by atoms with Gasteiger partial charge in [0.05, 0.1) is 6.54 Å². The van der Waals surface area contributed by atoms with Crippen molar-refractivity contribution >= 4 is 11.9 Å². The average Bonchev–Trinajstić information content (AvgIpc) is 2.90. The summed E-state index contributed by atoms with van der Waals surface area (Å²) in [4.78, 5) is 22.6. The van der Waals surface area contributed by atoms with Crippen LogP contribution in [0.1, 0.15) is 73.1 Å². The first-order chi connectivity index (χ1) is 18.7. The van der Waals surface area contributed by atoms with Crippen molar-refractivity contribution in [2.45, 2.75) is 73.3 Å². The molecule has 0 aliphatic rings.